The van der Waals surface area contributed by atoms with Gasteiger partial charge in [0.25, 0.3) is 0 Å². The van der Waals surface area contributed by atoms with Crippen molar-refractivity contribution < 1.29 is 15.0 Å². The Morgan fingerprint density at radius 1 is 1.40 bits per heavy atom. The number of rotatable bonds is 7. The third-order valence-corrected chi connectivity index (χ3v) is 4.88. The Kier molecular flexibility index (Phi) is 6.01. The second kappa shape index (κ2) is 7.76. The van der Waals surface area contributed by atoms with Crippen molar-refractivity contribution >= 4 is 17.3 Å². The van der Waals surface area contributed by atoms with Gasteiger partial charge in [0.15, 0.2) is 0 Å². The molecule has 1 fully saturated rings. The number of hydrogen-bond donors (Lipinski definition) is 3. The zero-order valence-corrected chi connectivity index (χ0v) is 12.4. The van der Waals surface area contributed by atoms with E-state index >= 15 is 0 Å². The molecule has 5 heteroatoms. The summed E-state index contributed by atoms with van der Waals surface area (Å²) in [6.45, 7) is 0. The molecule has 1 aromatic rings. The fraction of sp³-hybridized carbons (Fsp3) is 0.667. The number of thiophene rings is 1. The van der Waals surface area contributed by atoms with Crippen molar-refractivity contribution in [2.45, 2.75) is 63.1 Å². The van der Waals surface area contributed by atoms with Gasteiger partial charge in [-0.2, -0.15) is 0 Å². The predicted molar refractivity (Wildman–Crippen MR) is 79.9 cm³/mol. The molecule has 1 aliphatic rings. The lowest BCUT2D eigenvalue weighted by Crippen LogP contribution is -2.43. The first kappa shape index (κ1) is 15.5. The zero-order chi connectivity index (χ0) is 14.4. The quantitative estimate of drug-likeness (QED) is 0.724. The van der Waals surface area contributed by atoms with Crippen molar-refractivity contribution in [3.8, 4) is 0 Å². The number of hydrogen-bond acceptors (Lipinski definition) is 4. The van der Waals surface area contributed by atoms with Crippen LogP contribution in [-0.4, -0.2) is 28.3 Å². The highest BCUT2D eigenvalue weighted by Crippen LogP contribution is 2.26. The van der Waals surface area contributed by atoms with Crippen LogP contribution >= 0.6 is 11.3 Å². The lowest BCUT2D eigenvalue weighted by atomic mass is 9.93. The van der Waals surface area contributed by atoms with Gasteiger partial charge in [-0.05, 0) is 30.7 Å². The van der Waals surface area contributed by atoms with E-state index in [4.69, 9.17) is 5.11 Å². The molecule has 0 bridgehead atoms. The van der Waals surface area contributed by atoms with Gasteiger partial charge in [0.2, 0.25) is 0 Å². The van der Waals surface area contributed by atoms with Gasteiger partial charge >= 0.3 is 5.97 Å². The van der Waals surface area contributed by atoms with Crippen molar-refractivity contribution in [2.24, 2.45) is 0 Å². The van der Waals surface area contributed by atoms with Crippen molar-refractivity contribution in [3.05, 3.63) is 22.4 Å². The summed E-state index contributed by atoms with van der Waals surface area (Å²) in [5.74, 6) is -0.807. The molecule has 0 radical (unpaired) electrons. The number of carboxylic acids is 1. The van der Waals surface area contributed by atoms with Crippen molar-refractivity contribution in [1.29, 1.82) is 0 Å². The van der Waals surface area contributed by atoms with E-state index in [1.807, 2.05) is 17.5 Å². The molecule has 3 N–H and O–H groups in total. The highest BCUT2D eigenvalue weighted by atomic mass is 32.1. The minimum atomic E-state index is -0.807. The monoisotopic (exact) mass is 297 g/mol. The van der Waals surface area contributed by atoms with Crippen LogP contribution in [0.15, 0.2) is 17.5 Å². The Hall–Kier alpha value is -0.910. The predicted octanol–water partition coefficient (Wildman–Crippen LogP) is 2.94. The Morgan fingerprint density at radius 2 is 2.15 bits per heavy atom. The van der Waals surface area contributed by atoms with Gasteiger partial charge in [-0.1, -0.05) is 25.3 Å². The van der Waals surface area contributed by atoms with Crippen LogP contribution in [0.2, 0.25) is 0 Å². The van der Waals surface area contributed by atoms with E-state index in [9.17, 15) is 9.90 Å². The first-order valence-corrected chi connectivity index (χ1v) is 8.24. The van der Waals surface area contributed by atoms with Crippen molar-refractivity contribution in [1.82, 2.24) is 5.32 Å². The van der Waals surface area contributed by atoms with Crippen LogP contribution in [0.3, 0.4) is 0 Å². The molecule has 0 aliphatic heterocycles. The maximum absolute atomic E-state index is 10.8. The topological polar surface area (TPSA) is 69.6 Å². The molecule has 20 heavy (non-hydrogen) atoms. The molecule has 2 rings (SSSR count). The Labute approximate surface area is 123 Å². The lowest BCUT2D eigenvalue weighted by molar-refractivity contribution is -0.137. The summed E-state index contributed by atoms with van der Waals surface area (Å²) in [6, 6.07) is 4.06. The summed E-state index contributed by atoms with van der Waals surface area (Å²) in [7, 11) is 0. The summed E-state index contributed by atoms with van der Waals surface area (Å²) in [5, 5.41) is 24.8. The summed E-state index contributed by atoms with van der Waals surface area (Å²) in [4.78, 5) is 11.7. The van der Waals surface area contributed by atoms with Crippen LogP contribution in [0, 0.1) is 0 Å². The molecule has 112 valence electrons. The Bertz CT molecular complexity index is 401. The van der Waals surface area contributed by atoms with Gasteiger partial charge in [-0.3, -0.25) is 4.79 Å². The minimum absolute atomic E-state index is 0.0901. The molecule has 1 aromatic heterocycles. The summed E-state index contributed by atoms with van der Waals surface area (Å²) in [6.07, 6.45) is 5.91. The maximum Gasteiger partial charge on any atom is 0.303 e. The van der Waals surface area contributed by atoms with Gasteiger partial charge in [0.1, 0.15) is 6.10 Å². The van der Waals surface area contributed by atoms with Crippen molar-refractivity contribution in [2.75, 3.05) is 0 Å². The largest absolute Gasteiger partial charge is 0.481 e. The molecule has 1 saturated carbocycles. The lowest BCUT2D eigenvalue weighted by Gasteiger charge is -2.30. The first-order valence-electron chi connectivity index (χ1n) is 7.36. The normalized spacial score (nSPS) is 19.6. The summed E-state index contributed by atoms with van der Waals surface area (Å²) in [5.41, 5.74) is 0. The fourth-order valence-electron chi connectivity index (χ4n) is 2.84. The van der Waals surface area contributed by atoms with Gasteiger partial charge in [-0.15, -0.1) is 11.3 Å². The molecule has 0 aromatic carbocycles. The standard InChI is InChI=1S/C15H23NO3S/c17-14(18)9-8-12(15(19)13-7-4-10-20-13)16-11-5-2-1-3-6-11/h4,7,10-12,15-16,19H,1-3,5-6,8-9H2,(H,17,18). The van der Waals surface area contributed by atoms with Crippen LogP contribution < -0.4 is 5.32 Å². The highest BCUT2D eigenvalue weighted by Gasteiger charge is 2.25. The molecule has 0 amide bonds. The van der Waals surface area contributed by atoms with E-state index < -0.39 is 12.1 Å². The van der Waals surface area contributed by atoms with E-state index in [1.54, 1.807) is 0 Å². The fourth-order valence-corrected chi connectivity index (χ4v) is 3.62. The first-order chi connectivity index (χ1) is 9.66. The van der Waals surface area contributed by atoms with Gasteiger partial charge in [-0.25, -0.2) is 0 Å². The number of carbonyl (C=O) groups is 1. The molecular weight excluding hydrogens is 274 g/mol. The number of aliphatic hydroxyl groups excluding tert-OH is 1. The third kappa shape index (κ3) is 4.58. The molecule has 4 nitrogen and oxygen atoms in total. The number of aliphatic hydroxyl groups is 1. The third-order valence-electron chi connectivity index (χ3n) is 3.94. The van der Waals surface area contributed by atoms with Crippen LogP contribution in [0.1, 0.15) is 55.9 Å². The maximum atomic E-state index is 10.8. The SMILES string of the molecule is O=C(O)CCC(NC1CCCCC1)C(O)c1cccs1. The molecular formula is C15H23NO3S. The van der Waals surface area contributed by atoms with E-state index in [0.29, 0.717) is 12.5 Å². The van der Waals surface area contributed by atoms with Crippen LogP contribution in [0.5, 0.6) is 0 Å². The van der Waals surface area contributed by atoms with E-state index in [-0.39, 0.29) is 12.5 Å². The summed E-state index contributed by atoms with van der Waals surface area (Å²) >= 11 is 1.52. The molecule has 2 atom stereocenters. The van der Waals surface area contributed by atoms with E-state index in [1.165, 1.54) is 30.6 Å². The Morgan fingerprint density at radius 3 is 2.75 bits per heavy atom. The number of carboxylic acid groups (broad SMARTS) is 1. The smallest absolute Gasteiger partial charge is 0.303 e. The Balaban J connectivity index is 1.97. The average molecular weight is 297 g/mol. The summed E-state index contributed by atoms with van der Waals surface area (Å²) < 4.78 is 0. The molecule has 2 unspecified atom stereocenters. The molecule has 0 spiro atoms. The minimum Gasteiger partial charge on any atom is -0.481 e. The van der Waals surface area contributed by atoms with Crippen LogP contribution in [0.25, 0.3) is 0 Å². The average Bonchev–Trinajstić information content (AvgIpc) is 2.97. The number of aliphatic carboxylic acids is 1. The van der Waals surface area contributed by atoms with Gasteiger partial charge in [0.05, 0.1) is 0 Å². The second-order valence-corrected chi connectivity index (χ2v) is 6.48. The molecule has 0 saturated heterocycles. The van der Waals surface area contributed by atoms with Crippen LogP contribution in [0.4, 0.5) is 0 Å². The molecule has 1 heterocycles. The highest BCUT2D eigenvalue weighted by molar-refractivity contribution is 7.10. The van der Waals surface area contributed by atoms with Crippen LogP contribution in [-0.2, 0) is 4.79 Å². The zero-order valence-electron chi connectivity index (χ0n) is 11.6. The van der Waals surface area contributed by atoms with Gasteiger partial charge in [0, 0.05) is 23.4 Å². The van der Waals surface area contributed by atoms with Crippen molar-refractivity contribution in [3.63, 3.8) is 0 Å². The van der Waals surface area contributed by atoms with E-state index in [2.05, 4.69) is 5.32 Å². The number of nitrogens with one attached hydrogen (secondary N) is 1. The van der Waals surface area contributed by atoms with E-state index in [0.717, 1.165) is 17.7 Å². The van der Waals surface area contributed by atoms with Gasteiger partial charge < -0.3 is 15.5 Å². The second-order valence-electron chi connectivity index (χ2n) is 5.50. The molecule has 1 aliphatic carbocycles.